The Kier molecular flexibility index (Phi) is 4.69. The van der Waals surface area contributed by atoms with Crippen LogP contribution in [0.25, 0.3) is 0 Å². The van der Waals surface area contributed by atoms with E-state index in [1.807, 2.05) is 0 Å². The predicted octanol–water partition coefficient (Wildman–Crippen LogP) is 2.26. The Labute approximate surface area is 117 Å². The lowest BCUT2D eigenvalue weighted by Crippen LogP contribution is -2.19. The van der Waals surface area contributed by atoms with Crippen molar-refractivity contribution in [3.05, 3.63) is 30.1 Å². The van der Waals surface area contributed by atoms with Gasteiger partial charge >= 0.3 is 0 Å². The number of benzene rings is 1. The van der Waals surface area contributed by atoms with Gasteiger partial charge in [0.05, 0.1) is 5.75 Å². The number of amides is 1. The molecular formula is C11H11FN4OS2. The summed E-state index contributed by atoms with van der Waals surface area (Å²) in [7, 11) is 1.58. The molecule has 0 aliphatic rings. The molecule has 0 aliphatic heterocycles. The molecule has 2 N–H and O–H groups in total. The number of aromatic nitrogens is 2. The number of nitrogens with one attached hydrogen (secondary N) is 2. The van der Waals surface area contributed by atoms with E-state index < -0.39 is 0 Å². The normalized spacial score (nSPS) is 10.2. The molecule has 0 bridgehead atoms. The van der Waals surface area contributed by atoms with E-state index in [1.54, 1.807) is 19.2 Å². The summed E-state index contributed by atoms with van der Waals surface area (Å²) in [6.45, 7) is 0. The van der Waals surface area contributed by atoms with E-state index in [0.29, 0.717) is 20.9 Å². The van der Waals surface area contributed by atoms with Gasteiger partial charge in [0.25, 0.3) is 0 Å². The second-order valence-electron chi connectivity index (χ2n) is 3.47. The second kappa shape index (κ2) is 6.48. The number of carbonyl (C=O) groups is 1. The van der Waals surface area contributed by atoms with Gasteiger partial charge in [-0.1, -0.05) is 29.2 Å². The third kappa shape index (κ3) is 4.18. The van der Waals surface area contributed by atoms with Crippen molar-refractivity contribution >= 4 is 39.8 Å². The van der Waals surface area contributed by atoms with Crippen molar-refractivity contribution in [1.29, 1.82) is 0 Å². The van der Waals surface area contributed by atoms with Gasteiger partial charge in [-0.25, -0.2) is 4.39 Å². The molecule has 0 fully saturated rings. The van der Waals surface area contributed by atoms with Crippen LogP contribution in [-0.4, -0.2) is 28.9 Å². The van der Waals surface area contributed by atoms with Crippen molar-refractivity contribution in [2.24, 2.45) is 0 Å². The fourth-order valence-electron chi connectivity index (χ4n) is 1.21. The van der Waals surface area contributed by atoms with Crippen LogP contribution in [0.15, 0.2) is 28.6 Å². The minimum Gasteiger partial charge on any atom is -0.358 e. The van der Waals surface area contributed by atoms with Crippen LogP contribution in [0.1, 0.15) is 0 Å². The van der Waals surface area contributed by atoms with E-state index in [-0.39, 0.29) is 11.7 Å². The molecule has 0 aliphatic carbocycles. The maximum atomic E-state index is 13.0. The molecule has 19 heavy (non-hydrogen) atoms. The quantitative estimate of drug-likeness (QED) is 0.829. The van der Waals surface area contributed by atoms with E-state index in [1.165, 1.54) is 35.2 Å². The van der Waals surface area contributed by atoms with Gasteiger partial charge in [-0.2, -0.15) is 0 Å². The molecule has 0 unspecified atom stereocenters. The number of rotatable bonds is 5. The van der Waals surface area contributed by atoms with Gasteiger partial charge in [-0.05, 0) is 18.2 Å². The second-order valence-corrected chi connectivity index (χ2v) is 5.67. The van der Waals surface area contributed by atoms with Crippen molar-refractivity contribution in [2.45, 2.75) is 4.34 Å². The average molecular weight is 298 g/mol. The van der Waals surface area contributed by atoms with Crippen molar-refractivity contribution in [3.63, 3.8) is 0 Å². The van der Waals surface area contributed by atoms with Crippen molar-refractivity contribution in [2.75, 3.05) is 18.1 Å². The molecule has 0 saturated carbocycles. The number of hydrogen-bond donors (Lipinski definition) is 2. The highest BCUT2D eigenvalue weighted by atomic mass is 32.2. The highest BCUT2D eigenvalue weighted by Gasteiger charge is 2.07. The number of hydrogen-bond acceptors (Lipinski definition) is 6. The van der Waals surface area contributed by atoms with Crippen LogP contribution in [-0.2, 0) is 4.79 Å². The first-order chi connectivity index (χ1) is 9.17. The number of anilines is 2. The van der Waals surface area contributed by atoms with E-state index in [4.69, 9.17) is 0 Å². The lowest BCUT2D eigenvalue weighted by atomic mass is 10.3. The van der Waals surface area contributed by atoms with Crippen LogP contribution in [0, 0.1) is 5.82 Å². The Morgan fingerprint density at radius 2 is 2.32 bits per heavy atom. The molecule has 0 saturated heterocycles. The molecule has 1 heterocycles. The highest BCUT2D eigenvalue weighted by molar-refractivity contribution is 8.01. The monoisotopic (exact) mass is 298 g/mol. The Morgan fingerprint density at radius 1 is 1.47 bits per heavy atom. The summed E-state index contributed by atoms with van der Waals surface area (Å²) in [6.07, 6.45) is 0. The third-order valence-electron chi connectivity index (χ3n) is 2.09. The van der Waals surface area contributed by atoms with E-state index in [2.05, 4.69) is 20.8 Å². The Hall–Kier alpha value is -1.67. The first kappa shape index (κ1) is 13.8. The summed E-state index contributed by atoms with van der Waals surface area (Å²) in [4.78, 5) is 11.1. The molecule has 0 radical (unpaired) electrons. The highest BCUT2D eigenvalue weighted by Crippen LogP contribution is 2.27. The van der Waals surface area contributed by atoms with Gasteiger partial charge in [-0.15, -0.1) is 10.2 Å². The first-order valence-electron chi connectivity index (χ1n) is 5.37. The summed E-state index contributed by atoms with van der Waals surface area (Å²) >= 11 is 2.62. The lowest BCUT2D eigenvalue weighted by molar-refractivity contribution is -0.118. The molecule has 100 valence electrons. The fraction of sp³-hybridized carbons (Fsp3) is 0.182. The fourth-order valence-corrected chi connectivity index (χ4v) is 2.85. The summed E-state index contributed by atoms with van der Waals surface area (Å²) in [5.74, 6) is -0.0889. The molecule has 1 aromatic carbocycles. The van der Waals surface area contributed by atoms with Crippen LogP contribution in [0.2, 0.25) is 0 Å². The molecule has 2 rings (SSSR count). The lowest BCUT2D eigenvalue weighted by Gasteiger charge is -2.00. The summed E-state index contributed by atoms with van der Waals surface area (Å²) in [5.41, 5.74) is 0.610. The maximum absolute atomic E-state index is 13.0. The zero-order valence-electron chi connectivity index (χ0n) is 10.0. The third-order valence-corrected chi connectivity index (χ3v) is 4.06. The summed E-state index contributed by atoms with van der Waals surface area (Å²) in [5, 5.41) is 13.9. The van der Waals surface area contributed by atoms with Crippen LogP contribution < -0.4 is 10.6 Å². The van der Waals surface area contributed by atoms with Crippen molar-refractivity contribution in [1.82, 2.24) is 15.5 Å². The zero-order chi connectivity index (χ0) is 13.7. The minimum atomic E-state index is -0.316. The van der Waals surface area contributed by atoms with Gasteiger partial charge in [0, 0.05) is 12.7 Å². The van der Waals surface area contributed by atoms with Gasteiger partial charge < -0.3 is 10.6 Å². The van der Waals surface area contributed by atoms with E-state index in [0.717, 1.165) is 0 Å². The van der Waals surface area contributed by atoms with Gasteiger partial charge in [-0.3, -0.25) is 4.79 Å². The molecule has 2 aromatic rings. The Bertz CT molecular complexity index is 575. The molecule has 5 nitrogen and oxygen atoms in total. The van der Waals surface area contributed by atoms with Crippen molar-refractivity contribution in [3.8, 4) is 0 Å². The van der Waals surface area contributed by atoms with Crippen LogP contribution >= 0.6 is 23.1 Å². The average Bonchev–Trinajstić information content (AvgIpc) is 2.83. The standard InChI is InChI=1S/C11H11FN4OS2/c1-13-9(17)6-18-11-16-15-10(19-11)14-8-4-2-3-7(12)5-8/h2-5H,6H2,1H3,(H,13,17)(H,14,15). The van der Waals surface area contributed by atoms with Crippen molar-refractivity contribution < 1.29 is 9.18 Å². The van der Waals surface area contributed by atoms with Crippen LogP contribution in [0.4, 0.5) is 15.2 Å². The summed E-state index contributed by atoms with van der Waals surface area (Å²) < 4.78 is 13.7. The molecule has 0 spiro atoms. The summed E-state index contributed by atoms with van der Waals surface area (Å²) in [6, 6.07) is 6.09. The minimum absolute atomic E-state index is 0.0696. The zero-order valence-corrected chi connectivity index (χ0v) is 11.6. The van der Waals surface area contributed by atoms with E-state index >= 15 is 0 Å². The SMILES string of the molecule is CNC(=O)CSc1nnc(Nc2cccc(F)c2)s1. The Morgan fingerprint density at radius 3 is 3.05 bits per heavy atom. The molecule has 1 aromatic heterocycles. The van der Waals surface area contributed by atoms with Gasteiger partial charge in [0.2, 0.25) is 11.0 Å². The van der Waals surface area contributed by atoms with Gasteiger partial charge in [0.1, 0.15) is 5.82 Å². The molecule has 1 amide bonds. The van der Waals surface area contributed by atoms with Crippen LogP contribution in [0.3, 0.4) is 0 Å². The maximum Gasteiger partial charge on any atom is 0.230 e. The molecule has 8 heteroatoms. The number of thioether (sulfide) groups is 1. The first-order valence-corrected chi connectivity index (χ1v) is 7.17. The molecular weight excluding hydrogens is 287 g/mol. The van der Waals surface area contributed by atoms with Crippen LogP contribution in [0.5, 0.6) is 0 Å². The number of halogens is 1. The van der Waals surface area contributed by atoms with Gasteiger partial charge in [0.15, 0.2) is 4.34 Å². The number of nitrogens with zero attached hydrogens (tertiary/aromatic N) is 2. The smallest absolute Gasteiger partial charge is 0.230 e. The topological polar surface area (TPSA) is 66.9 Å². The van der Waals surface area contributed by atoms with E-state index in [9.17, 15) is 9.18 Å². The predicted molar refractivity (Wildman–Crippen MR) is 74.4 cm³/mol. The molecule has 0 atom stereocenters. The largest absolute Gasteiger partial charge is 0.358 e. The Balaban J connectivity index is 1.95. The number of carbonyl (C=O) groups excluding carboxylic acids is 1.